The Kier molecular flexibility index (Phi) is 3.47. The molecule has 0 unspecified atom stereocenters. The van der Waals surface area contributed by atoms with Crippen LogP contribution in [0.5, 0.6) is 0 Å². The Hall–Kier alpha value is -2.95. The third-order valence-electron chi connectivity index (χ3n) is 3.39. The first kappa shape index (κ1) is 14.0. The molecule has 0 radical (unpaired) electrons. The van der Waals surface area contributed by atoms with Crippen molar-refractivity contribution in [3.63, 3.8) is 0 Å². The first-order valence-corrected chi connectivity index (χ1v) is 6.57. The zero-order valence-corrected chi connectivity index (χ0v) is 11.3. The number of rotatable bonds is 2. The maximum absolute atomic E-state index is 13.0. The monoisotopic (exact) mass is 298 g/mol. The van der Waals surface area contributed by atoms with Crippen LogP contribution in [0.4, 0.5) is 4.39 Å². The molecule has 1 atom stereocenters. The number of carbonyl (C=O) groups excluding carboxylic acids is 2. The van der Waals surface area contributed by atoms with E-state index in [9.17, 15) is 19.1 Å². The summed E-state index contributed by atoms with van der Waals surface area (Å²) in [7, 11) is 0. The molecule has 5 heteroatoms. The maximum Gasteiger partial charge on any atom is 0.380 e. The highest BCUT2D eigenvalue weighted by Gasteiger charge is 2.42. The van der Waals surface area contributed by atoms with Gasteiger partial charge in [-0.2, -0.15) is 0 Å². The van der Waals surface area contributed by atoms with Gasteiger partial charge < -0.3 is 9.84 Å². The summed E-state index contributed by atoms with van der Waals surface area (Å²) >= 11 is 0. The van der Waals surface area contributed by atoms with Crippen LogP contribution in [0.3, 0.4) is 0 Å². The minimum Gasteiger partial charge on any atom is -0.507 e. The molecule has 2 aromatic rings. The molecule has 0 aliphatic carbocycles. The van der Waals surface area contributed by atoms with E-state index in [1.807, 2.05) is 0 Å². The summed E-state index contributed by atoms with van der Waals surface area (Å²) in [6.45, 7) is 0. The van der Waals surface area contributed by atoms with Crippen molar-refractivity contribution in [1.82, 2.24) is 0 Å². The minimum atomic E-state index is -1.04. The van der Waals surface area contributed by atoms with E-state index in [0.717, 1.165) is 0 Å². The molecule has 0 spiro atoms. The number of carbonyl (C=O) groups is 2. The van der Waals surface area contributed by atoms with Crippen LogP contribution in [0.25, 0.3) is 5.76 Å². The quantitative estimate of drug-likeness (QED) is 0.401. The Morgan fingerprint density at radius 1 is 1.00 bits per heavy atom. The number of aliphatic hydroxyl groups is 1. The molecule has 2 aromatic carbocycles. The fourth-order valence-electron chi connectivity index (χ4n) is 2.30. The number of esters is 1. The predicted octanol–water partition coefficient (Wildman–Crippen LogP) is 2.96. The van der Waals surface area contributed by atoms with Crippen molar-refractivity contribution < 1.29 is 23.8 Å². The van der Waals surface area contributed by atoms with Crippen molar-refractivity contribution in [2.45, 2.75) is 6.10 Å². The lowest BCUT2D eigenvalue weighted by molar-refractivity contribution is -0.149. The van der Waals surface area contributed by atoms with E-state index >= 15 is 0 Å². The lowest BCUT2D eigenvalue weighted by Gasteiger charge is -2.12. The molecule has 1 saturated heterocycles. The summed E-state index contributed by atoms with van der Waals surface area (Å²) in [5, 5.41) is 10.3. The van der Waals surface area contributed by atoms with Gasteiger partial charge in [0.05, 0.1) is 5.57 Å². The van der Waals surface area contributed by atoms with E-state index < -0.39 is 23.7 Å². The molecule has 0 aromatic heterocycles. The van der Waals surface area contributed by atoms with Crippen molar-refractivity contribution >= 4 is 17.5 Å². The second-order valence-electron chi connectivity index (χ2n) is 4.79. The van der Waals surface area contributed by atoms with Crippen molar-refractivity contribution in [1.29, 1.82) is 0 Å². The summed E-state index contributed by atoms with van der Waals surface area (Å²) in [6.07, 6.45) is -1.04. The molecule has 0 bridgehead atoms. The highest BCUT2D eigenvalue weighted by atomic mass is 19.1. The van der Waals surface area contributed by atoms with Crippen LogP contribution in [0, 0.1) is 5.82 Å². The lowest BCUT2D eigenvalue weighted by atomic mass is 9.97. The SMILES string of the molecule is O=C1O[C@H](c2ccc(F)cc2)C(=C(O)c2ccccc2)C1=O. The van der Waals surface area contributed by atoms with Crippen LogP contribution >= 0.6 is 0 Å². The number of ether oxygens (including phenoxy) is 1. The molecule has 1 aliphatic rings. The Morgan fingerprint density at radius 2 is 1.64 bits per heavy atom. The van der Waals surface area contributed by atoms with Crippen LogP contribution in [0.1, 0.15) is 17.2 Å². The highest BCUT2D eigenvalue weighted by Crippen LogP contribution is 2.36. The summed E-state index contributed by atoms with van der Waals surface area (Å²) in [5.41, 5.74) is 0.678. The fourth-order valence-corrected chi connectivity index (χ4v) is 2.30. The molecule has 1 fully saturated rings. The summed E-state index contributed by atoms with van der Waals surface area (Å²) in [6, 6.07) is 13.6. The Balaban J connectivity index is 2.11. The van der Waals surface area contributed by atoms with Crippen LogP contribution in [0.2, 0.25) is 0 Å². The van der Waals surface area contributed by atoms with Gasteiger partial charge in [-0.25, -0.2) is 9.18 Å². The van der Waals surface area contributed by atoms with E-state index in [-0.39, 0.29) is 11.3 Å². The number of hydrogen-bond donors (Lipinski definition) is 1. The van der Waals surface area contributed by atoms with Crippen LogP contribution in [0.15, 0.2) is 60.2 Å². The molecule has 3 rings (SSSR count). The lowest BCUT2D eigenvalue weighted by Crippen LogP contribution is -2.08. The number of benzene rings is 2. The second-order valence-corrected chi connectivity index (χ2v) is 4.79. The predicted molar refractivity (Wildman–Crippen MR) is 76.2 cm³/mol. The first-order valence-electron chi connectivity index (χ1n) is 6.57. The third kappa shape index (κ3) is 2.37. The van der Waals surface area contributed by atoms with Gasteiger partial charge in [0, 0.05) is 5.56 Å². The van der Waals surface area contributed by atoms with Gasteiger partial charge in [-0.1, -0.05) is 42.5 Å². The summed E-state index contributed by atoms with van der Waals surface area (Å²) < 4.78 is 18.0. The third-order valence-corrected chi connectivity index (χ3v) is 3.39. The van der Waals surface area contributed by atoms with Gasteiger partial charge in [0.15, 0.2) is 6.10 Å². The number of Topliss-reactive ketones (excluding diaryl/α,β-unsaturated/α-hetero) is 1. The zero-order chi connectivity index (χ0) is 15.7. The molecule has 110 valence electrons. The van der Waals surface area contributed by atoms with Gasteiger partial charge in [0.1, 0.15) is 11.6 Å². The van der Waals surface area contributed by atoms with E-state index in [1.54, 1.807) is 30.3 Å². The summed E-state index contributed by atoms with van der Waals surface area (Å²) in [5.74, 6) is -2.69. The topological polar surface area (TPSA) is 63.6 Å². The standard InChI is InChI=1S/C17H11FO4/c18-12-8-6-11(7-9-12)16-13(15(20)17(21)22-16)14(19)10-4-2-1-3-5-10/h1-9,16,19H/t16-/m1/s1. The first-order chi connectivity index (χ1) is 10.6. The number of cyclic esters (lactones) is 1. The summed E-state index contributed by atoms with van der Waals surface area (Å²) in [4.78, 5) is 23.6. The molecule has 0 amide bonds. The average molecular weight is 298 g/mol. The molecular weight excluding hydrogens is 287 g/mol. The van der Waals surface area contributed by atoms with Gasteiger partial charge in [-0.15, -0.1) is 0 Å². The van der Waals surface area contributed by atoms with Crippen molar-refractivity contribution in [3.05, 3.63) is 77.1 Å². The van der Waals surface area contributed by atoms with E-state index in [4.69, 9.17) is 4.74 Å². The maximum atomic E-state index is 13.0. The van der Waals surface area contributed by atoms with Gasteiger partial charge in [0.2, 0.25) is 0 Å². The fraction of sp³-hybridized carbons (Fsp3) is 0.0588. The smallest absolute Gasteiger partial charge is 0.380 e. The van der Waals surface area contributed by atoms with Crippen molar-refractivity contribution in [2.75, 3.05) is 0 Å². The molecule has 1 heterocycles. The van der Waals surface area contributed by atoms with E-state index in [1.165, 1.54) is 24.3 Å². The Labute approximate surface area is 125 Å². The van der Waals surface area contributed by atoms with Gasteiger partial charge in [-0.3, -0.25) is 4.79 Å². The Bertz CT molecular complexity index is 763. The highest BCUT2D eigenvalue weighted by molar-refractivity contribution is 6.44. The largest absolute Gasteiger partial charge is 0.507 e. The van der Waals surface area contributed by atoms with Crippen LogP contribution < -0.4 is 0 Å². The average Bonchev–Trinajstić information content (AvgIpc) is 2.84. The van der Waals surface area contributed by atoms with E-state index in [2.05, 4.69) is 0 Å². The number of aliphatic hydroxyl groups excluding tert-OH is 1. The van der Waals surface area contributed by atoms with Crippen molar-refractivity contribution in [3.8, 4) is 0 Å². The van der Waals surface area contributed by atoms with Crippen molar-refractivity contribution in [2.24, 2.45) is 0 Å². The number of ketones is 1. The molecule has 1 aliphatic heterocycles. The minimum absolute atomic E-state index is 0.136. The molecule has 0 saturated carbocycles. The van der Waals surface area contributed by atoms with Gasteiger partial charge >= 0.3 is 5.97 Å². The van der Waals surface area contributed by atoms with Crippen LogP contribution in [-0.2, 0) is 14.3 Å². The number of halogens is 1. The zero-order valence-electron chi connectivity index (χ0n) is 11.3. The number of hydrogen-bond acceptors (Lipinski definition) is 4. The Morgan fingerprint density at radius 3 is 2.27 bits per heavy atom. The molecule has 22 heavy (non-hydrogen) atoms. The van der Waals surface area contributed by atoms with Crippen LogP contribution in [-0.4, -0.2) is 16.9 Å². The molecule has 1 N–H and O–H groups in total. The molecule has 4 nitrogen and oxygen atoms in total. The normalized spacial score (nSPS) is 20.0. The van der Waals surface area contributed by atoms with E-state index in [0.29, 0.717) is 11.1 Å². The van der Waals surface area contributed by atoms with Gasteiger partial charge in [-0.05, 0) is 17.7 Å². The second kappa shape index (κ2) is 5.44. The molecular formula is C17H11FO4. The van der Waals surface area contributed by atoms with Gasteiger partial charge in [0.25, 0.3) is 5.78 Å².